The number of fused-ring (bicyclic) bond motifs is 1. The molecule has 1 heterocycles. The Morgan fingerprint density at radius 2 is 1.68 bits per heavy atom. The van der Waals surface area contributed by atoms with Gasteiger partial charge in [0.05, 0.1) is 20.6 Å². The van der Waals surface area contributed by atoms with Gasteiger partial charge in [0.1, 0.15) is 5.58 Å². The minimum Gasteiger partial charge on any atom is -0.493 e. The monoisotopic (exact) mass is 541 g/mol. The fourth-order valence-electron chi connectivity index (χ4n) is 4.54. The van der Waals surface area contributed by atoms with Gasteiger partial charge in [-0.05, 0) is 42.2 Å². The Kier molecular flexibility index (Phi) is 9.01. The lowest BCUT2D eigenvalue weighted by Gasteiger charge is -2.10. The number of benzene rings is 3. The number of furan rings is 1. The zero-order valence-electron chi connectivity index (χ0n) is 22.7. The number of hydrogen-bond acceptors (Lipinski definition) is 6. The number of rotatable bonds is 12. The first kappa shape index (κ1) is 28.2. The number of allylic oxidation sites excluding steroid dienone is 1. The van der Waals surface area contributed by atoms with Crippen LogP contribution in [0.5, 0.6) is 11.5 Å². The minimum atomic E-state index is -1.05. The number of carboxylic acid groups (broad SMARTS) is 1. The highest BCUT2D eigenvalue weighted by atomic mass is 16.5. The molecule has 2 N–H and O–H groups in total. The molecule has 206 valence electrons. The SMILES string of the molecule is COc1ccc(CCNC(=O)/C=C(\C)c2cccc3c(-c4ccccc4)c(C(=O)CCC(=O)O)oc23)cc1OC. The van der Waals surface area contributed by atoms with Gasteiger partial charge in [0, 0.05) is 35.6 Å². The molecule has 0 aliphatic rings. The quantitative estimate of drug-likeness (QED) is 0.169. The summed E-state index contributed by atoms with van der Waals surface area (Å²) in [6, 6.07) is 20.5. The van der Waals surface area contributed by atoms with Crippen LogP contribution in [-0.2, 0) is 16.0 Å². The molecule has 0 aliphatic heterocycles. The molecule has 40 heavy (non-hydrogen) atoms. The lowest BCUT2D eigenvalue weighted by Crippen LogP contribution is -2.23. The number of amides is 1. The lowest BCUT2D eigenvalue weighted by molar-refractivity contribution is -0.137. The van der Waals surface area contributed by atoms with E-state index in [9.17, 15) is 14.4 Å². The molecule has 0 bridgehead atoms. The maximum absolute atomic E-state index is 13.0. The van der Waals surface area contributed by atoms with Crippen molar-refractivity contribution in [1.82, 2.24) is 5.32 Å². The van der Waals surface area contributed by atoms with Crippen molar-refractivity contribution >= 4 is 34.2 Å². The molecular weight excluding hydrogens is 510 g/mol. The van der Waals surface area contributed by atoms with Gasteiger partial charge in [0.2, 0.25) is 5.91 Å². The van der Waals surface area contributed by atoms with E-state index in [1.165, 1.54) is 6.08 Å². The minimum absolute atomic E-state index is 0.113. The molecule has 0 aliphatic carbocycles. The van der Waals surface area contributed by atoms with Gasteiger partial charge in [-0.25, -0.2) is 0 Å². The number of aliphatic carboxylic acids is 1. The van der Waals surface area contributed by atoms with Crippen molar-refractivity contribution in [3.8, 4) is 22.6 Å². The first-order valence-corrected chi connectivity index (χ1v) is 12.9. The van der Waals surface area contributed by atoms with Crippen LogP contribution < -0.4 is 14.8 Å². The van der Waals surface area contributed by atoms with Crippen molar-refractivity contribution in [2.75, 3.05) is 20.8 Å². The Morgan fingerprint density at radius 1 is 0.925 bits per heavy atom. The Balaban J connectivity index is 1.58. The summed E-state index contributed by atoms with van der Waals surface area (Å²) in [5, 5.41) is 12.7. The highest BCUT2D eigenvalue weighted by Crippen LogP contribution is 2.39. The molecule has 0 atom stereocenters. The van der Waals surface area contributed by atoms with E-state index in [0.717, 1.165) is 11.1 Å². The third-order valence-corrected chi connectivity index (χ3v) is 6.53. The van der Waals surface area contributed by atoms with Crippen LogP contribution in [0.3, 0.4) is 0 Å². The van der Waals surface area contributed by atoms with Gasteiger partial charge in [-0.2, -0.15) is 0 Å². The van der Waals surface area contributed by atoms with Crippen molar-refractivity contribution in [1.29, 1.82) is 0 Å². The summed E-state index contributed by atoms with van der Waals surface area (Å²) < 4.78 is 16.7. The van der Waals surface area contributed by atoms with E-state index in [-0.39, 0.29) is 24.5 Å². The molecule has 0 radical (unpaired) electrons. The van der Waals surface area contributed by atoms with E-state index < -0.39 is 11.8 Å². The number of nitrogens with one attached hydrogen (secondary N) is 1. The molecule has 0 saturated heterocycles. The molecule has 4 aromatic rings. The number of ketones is 1. The summed E-state index contributed by atoms with van der Waals surface area (Å²) in [7, 11) is 3.16. The van der Waals surface area contributed by atoms with Gasteiger partial charge < -0.3 is 24.3 Å². The number of Topliss-reactive ketones (excluding diaryl/α,β-unsaturated/α-hetero) is 1. The van der Waals surface area contributed by atoms with E-state index in [1.54, 1.807) is 21.1 Å². The van der Waals surface area contributed by atoms with Gasteiger partial charge in [0.15, 0.2) is 23.0 Å². The number of carboxylic acids is 1. The van der Waals surface area contributed by atoms with Gasteiger partial charge in [0.25, 0.3) is 0 Å². The Labute approximate surface area is 232 Å². The average molecular weight is 542 g/mol. The van der Waals surface area contributed by atoms with Crippen LogP contribution in [0.15, 0.2) is 77.2 Å². The summed E-state index contributed by atoms with van der Waals surface area (Å²) in [4.78, 5) is 36.9. The largest absolute Gasteiger partial charge is 0.493 e. The number of methoxy groups -OCH3 is 2. The van der Waals surface area contributed by atoms with Crippen LogP contribution in [0.1, 0.15) is 41.4 Å². The molecule has 3 aromatic carbocycles. The van der Waals surface area contributed by atoms with Crippen molar-refractivity contribution in [2.45, 2.75) is 26.2 Å². The number of carbonyl (C=O) groups is 3. The third-order valence-electron chi connectivity index (χ3n) is 6.53. The maximum Gasteiger partial charge on any atom is 0.303 e. The molecule has 4 rings (SSSR count). The zero-order chi connectivity index (χ0) is 28.6. The van der Waals surface area contributed by atoms with Gasteiger partial charge >= 0.3 is 5.97 Å². The van der Waals surface area contributed by atoms with Crippen LogP contribution in [0.25, 0.3) is 27.7 Å². The van der Waals surface area contributed by atoms with Crippen molar-refractivity contribution in [2.24, 2.45) is 0 Å². The number of hydrogen-bond donors (Lipinski definition) is 2. The van der Waals surface area contributed by atoms with Gasteiger partial charge in [-0.3, -0.25) is 14.4 Å². The molecule has 0 unspecified atom stereocenters. The Bertz CT molecular complexity index is 1570. The van der Waals surface area contributed by atoms with Crippen LogP contribution in [0.2, 0.25) is 0 Å². The normalized spacial score (nSPS) is 11.3. The van der Waals surface area contributed by atoms with Crippen molar-refractivity contribution < 1.29 is 33.4 Å². The second kappa shape index (κ2) is 12.8. The Morgan fingerprint density at radius 3 is 2.38 bits per heavy atom. The van der Waals surface area contributed by atoms with E-state index >= 15 is 0 Å². The molecule has 1 aromatic heterocycles. The fraction of sp³-hybridized carbons (Fsp3) is 0.219. The van der Waals surface area contributed by atoms with E-state index in [1.807, 2.05) is 66.7 Å². The first-order valence-electron chi connectivity index (χ1n) is 12.9. The lowest BCUT2D eigenvalue weighted by atomic mass is 9.97. The molecule has 1 amide bonds. The van der Waals surface area contributed by atoms with E-state index in [4.69, 9.17) is 19.0 Å². The molecule has 0 spiro atoms. The van der Waals surface area contributed by atoms with Crippen molar-refractivity contribution in [3.63, 3.8) is 0 Å². The van der Waals surface area contributed by atoms with E-state index in [0.29, 0.717) is 52.1 Å². The van der Waals surface area contributed by atoms with Gasteiger partial charge in [-0.1, -0.05) is 54.6 Å². The van der Waals surface area contributed by atoms with E-state index in [2.05, 4.69) is 5.32 Å². The Hall–Kier alpha value is -4.85. The zero-order valence-corrected chi connectivity index (χ0v) is 22.7. The topological polar surface area (TPSA) is 115 Å². The highest BCUT2D eigenvalue weighted by Gasteiger charge is 2.24. The summed E-state index contributed by atoms with van der Waals surface area (Å²) in [5.41, 5.74) is 4.18. The molecular formula is C32H31NO7. The molecule has 0 fully saturated rings. The smallest absolute Gasteiger partial charge is 0.303 e. The second-order valence-electron chi connectivity index (χ2n) is 9.23. The second-order valence-corrected chi connectivity index (χ2v) is 9.23. The molecule has 8 heteroatoms. The maximum atomic E-state index is 13.0. The number of ether oxygens (including phenoxy) is 2. The fourth-order valence-corrected chi connectivity index (χ4v) is 4.54. The average Bonchev–Trinajstić information content (AvgIpc) is 3.36. The predicted octanol–water partition coefficient (Wildman–Crippen LogP) is 5.93. The highest BCUT2D eigenvalue weighted by molar-refractivity contribution is 6.11. The number of para-hydroxylation sites is 1. The number of carbonyl (C=O) groups excluding carboxylic acids is 2. The molecule has 8 nitrogen and oxygen atoms in total. The standard InChI is InChI=1S/C32H31NO7/c1-20(18-28(35)33-17-16-21-12-14-26(38-2)27(19-21)39-3)23-10-7-11-24-30(22-8-5-4-6-9-22)32(40-31(23)24)25(34)13-15-29(36)37/h4-12,14,18-19H,13,15-17H2,1-3H3,(H,33,35)(H,36,37)/b20-18+. The van der Waals surface area contributed by atoms with Gasteiger partial charge in [-0.15, -0.1) is 0 Å². The first-order chi connectivity index (χ1) is 19.3. The van der Waals surface area contributed by atoms with Crippen LogP contribution in [0.4, 0.5) is 0 Å². The van der Waals surface area contributed by atoms with Crippen LogP contribution in [0, 0.1) is 0 Å². The van der Waals surface area contributed by atoms with Crippen molar-refractivity contribution in [3.05, 3.63) is 89.7 Å². The summed E-state index contributed by atoms with van der Waals surface area (Å²) in [6.45, 7) is 2.22. The summed E-state index contributed by atoms with van der Waals surface area (Å²) >= 11 is 0. The molecule has 0 saturated carbocycles. The predicted molar refractivity (Wildman–Crippen MR) is 153 cm³/mol. The van der Waals surface area contributed by atoms with Crippen LogP contribution in [-0.4, -0.2) is 43.5 Å². The summed E-state index contributed by atoms with van der Waals surface area (Å²) in [5.74, 6) is -0.322. The summed E-state index contributed by atoms with van der Waals surface area (Å²) in [6.07, 6.45) is 1.63. The van der Waals surface area contributed by atoms with Crippen LogP contribution >= 0.6 is 0 Å². The third kappa shape index (κ3) is 6.40.